The monoisotopic (exact) mass is 353 g/mol. The Hall–Kier alpha value is -1.29. The van der Waals surface area contributed by atoms with Crippen LogP contribution in [0.1, 0.15) is 17.7 Å². The largest absolute Gasteiger partial charge is 0.379 e. The third-order valence-electron chi connectivity index (χ3n) is 4.95. The van der Waals surface area contributed by atoms with Gasteiger partial charge in [-0.1, -0.05) is 0 Å². The Bertz CT molecular complexity index is 699. The molecule has 4 rings (SSSR count). The first-order valence-electron chi connectivity index (χ1n) is 8.55. The summed E-state index contributed by atoms with van der Waals surface area (Å²) in [5.74, 6) is 1.24. The summed E-state index contributed by atoms with van der Waals surface area (Å²) >= 11 is 0. The van der Waals surface area contributed by atoms with Crippen molar-refractivity contribution in [2.24, 2.45) is 5.92 Å². The molecule has 1 aromatic rings. The highest BCUT2D eigenvalue weighted by molar-refractivity contribution is 7.87. The van der Waals surface area contributed by atoms with E-state index in [4.69, 9.17) is 4.74 Å². The summed E-state index contributed by atoms with van der Waals surface area (Å²) in [5.41, 5.74) is 2.45. The molecule has 0 amide bonds. The van der Waals surface area contributed by atoms with Crippen LogP contribution in [-0.4, -0.2) is 68.9 Å². The lowest BCUT2D eigenvalue weighted by molar-refractivity contribution is 0.0724. The number of hydrogen-bond acceptors (Lipinski definition) is 6. The van der Waals surface area contributed by atoms with Gasteiger partial charge < -0.3 is 9.64 Å². The smallest absolute Gasteiger partial charge is 0.279 e. The molecule has 2 aliphatic heterocycles. The lowest BCUT2D eigenvalue weighted by Gasteiger charge is -2.40. The maximum Gasteiger partial charge on any atom is 0.279 e. The molecule has 0 aromatic carbocycles. The topological polar surface area (TPSA) is 87.7 Å². The Kier molecular flexibility index (Phi) is 4.42. The van der Waals surface area contributed by atoms with E-state index in [1.165, 1.54) is 16.3 Å². The maximum absolute atomic E-state index is 12.2. The lowest BCUT2D eigenvalue weighted by Crippen LogP contribution is -2.54. The zero-order valence-corrected chi connectivity index (χ0v) is 14.5. The molecular formula is C15H23N5O3S. The van der Waals surface area contributed by atoms with E-state index in [2.05, 4.69) is 25.9 Å². The second-order valence-corrected chi connectivity index (χ2v) is 8.42. The highest BCUT2D eigenvalue weighted by Crippen LogP contribution is 2.27. The Balaban J connectivity index is 1.27. The summed E-state index contributed by atoms with van der Waals surface area (Å²) in [7, 11) is -3.39. The van der Waals surface area contributed by atoms with Gasteiger partial charge in [-0.3, -0.25) is 0 Å². The Labute approximate surface area is 142 Å². The van der Waals surface area contributed by atoms with Crippen molar-refractivity contribution < 1.29 is 13.2 Å². The summed E-state index contributed by atoms with van der Waals surface area (Å²) in [6.45, 7) is 3.89. The number of fused-ring (bicyclic) bond motifs is 1. The van der Waals surface area contributed by atoms with Gasteiger partial charge in [0.15, 0.2) is 5.82 Å². The lowest BCUT2D eigenvalue weighted by atomic mass is 10.0. The van der Waals surface area contributed by atoms with E-state index in [9.17, 15) is 8.42 Å². The molecule has 0 saturated carbocycles. The molecule has 2 fully saturated rings. The van der Waals surface area contributed by atoms with Gasteiger partial charge >= 0.3 is 0 Å². The number of aromatic nitrogens is 2. The van der Waals surface area contributed by atoms with Crippen molar-refractivity contribution in [2.75, 3.05) is 50.8 Å². The van der Waals surface area contributed by atoms with Crippen LogP contribution in [0, 0.1) is 5.92 Å². The molecule has 3 aliphatic rings. The number of nitrogens with one attached hydrogen (secondary N) is 1. The molecule has 8 nitrogen and oxygen atoms in total. The van der Waals surface area contributed by atoms with Gasteiger partial charge in [-0.25, -0.2) is 4.72 Å². The molecule has 0 unspecified atom stereocenters. The summed E-state index contributed by atoms with van der Waals surface area (Å²) in [6, 6.07) is 2.14. The van der Waals surface area contributed by atoms with Gasteiger partial charge in [0.25, 0.3) is 10.2 Å². The number of rotatable bonds is 5. The molecule has 3 heterocycles. The fraction of sp³-hybridized carbons (Fsp3) is 0.733. The summed E-state index contributed by atoms with van der Waals surface area (Å²) in [4.78, 5) is 2.17. The summed E-state index contributed by atoms with van der Waals surface area (Å²) in [5, 5.41) is 8.62. The van der Waals surface area contributed by atoms with E-state index in [1.54, 1.807) is 0 Å². The van der Waals surface area contributed by atoms with Crippen molar-refractivity contribution in [1.82, 2.24) is 19.2 Å². The zero-order chi connectivity index (χ0) is 16.6. The van der Waals surface area contributed by atoms with Crippen molar-refractivity contribution >= 4 is 16.0 Å². The Morgan fingerprint density at radius 1 is 1.21 bits per heavy atom. The molecule has 9 heteroatoms. The zero-order valence-electron chi connectivity index (χ0n) is 13.6. The molecule has 0 spiro atoms. The van der Waals surface area contributed by atoms with E-state index < -0.39 is 10.2 Å². The van der Waals surface area contributed by atoms with E-state index in [0.29, 0.717) is 38.8 Å². The summed E-state index contributed by atoms with van der Waals surface area (Å²) in [6.07, 6.45) is 3.29. The summed E-state index contributed by atoms with van der Waals surface area (Å²) < 4.78 is 33.8. The Morgan fingerprint density at radius 2 is 2.00 bits per heavy atom. The molecule has 1 N–H and O–H groups in total. The molecule has 0 radical (unpaired) electrons. The predicted octanol–water partition coefficient (Wildman–Crippen LogP) is -0.432. The van der Waals surface area contributed by atoms with Crippen LogP contribution in [0.15, 0.2) is 6.07 Å². The minimum Gasteiger partial charge on any atom is -0.379 e. The SMILES string of the molecule is O=S(=O)(NCC1CN(c2cc3c(nn2)CCC3)C1)N1CCOCC1. The van der Waals surface area contributed by atoms with Crippen LogP contribution < -0.4 is 9.62 Å². The molecule has 1 aliphatic carbocycles. The van der Waals surface area contributed by atoms with Crippen molar-refractivity contribution in [3.05, 3.63) is 17.3 Å². The number of ether oxygens (including phenoxy) is 1. The second kappa shape index (κ2) is 6.55. The first-order chi connectivity index (χ1) is 11.6. The fourth-order valence-electron chi connectivity index (χ4n) is 3.46. The number of aryl methyl sites for hydroxylation is 2. The molecule has 0 atom stereocenters. The molecular weight excluding hydrogens is 330 g/mol. The van der Waals surface area contributed by atoms with Crippen molar-refractivity contribution in [3.8, 4) is 0 Å². The number of morpholine rings is 1. The number of hydrogen-bond donors (Lipinski definition) is 1. The van der Waals surface area contributed by atoms with Crippen LogP contribution in [0.2, 0.25) is 0 Å². The van der Waals surface area contributed by atoms with Gasteiger partial charge in [0, 0.05) is 38.6 Å². The molecule has 132 valence electrons. The number of nitrogens with zero attached hydrogens (tertiary/aromatic N) is 4. The third-order valence-corrected chi connectivity index (χ3v) is 6.53. The van der Waals surface area contributed by atoms with E-state index in [0.717, 1.165) is 37.4 Å². The fourth-order valence-corrected chi connectivity index (χ4v) is 4.72. The van der Waals surface area contributed by atoms with Crippen molar-refractivity contribution in [1.29, 1.82) is 0 Å². The van der Waals surface area contributed by atoms with Crippen molar-refractivity contribution in [2.45, 2.75) is 19.3 Å². The van der Waals surface area contributed by atoms with Crippen molar-refractivity contribution in [3.63, 3.8) is 0 Å². The first kappa shape index (κ1) is 16.2. The highest BCUT2D eigenvalue weighted by atomic mass is 32.2. The van der Waals surface area contributed by atoms with E-state index in [-0.39, 0.29) is 0 Å². The predicted molar refractivity (Wildman–Crippen MR) is 89.1 cm³/mol. The Morgan fingerprint density at radius 3 is 2.79 bits per heavy atom. The normalized spacial score (nSPS) is 22.4. The highest BCUT2D eigenvalue weighted by Gasteiger charge is 2.31. The van der Waals surface area contributed by atoms with Gasteiger partial charge in [-0.15, -0.1) is 5.10 Å². The standard InChI is InChI=1S/C15H23N5O3S/c21-24(22,20-4-6-23-7-5-20)16-9-12-10-19(11-12)15-8-13-2-1-3-14(13)17-18-15/h8,12,16H,1-7,9-11H2. The molecule has 24 heavy (non-hydrogen) atoms. The third kappa shape index (κ3) is 3.26. The van der Waals surface area contributed by atoms with Gasteiger partial charge in [0.1, 0.15) is 0 Å². The van der Waals surface area contributed by atoms with Crippen LogP contribution in [0.25, 0.3) is 0 Å². The average Bonchev–Trinajstić information content (AvgIpc) is 3.02. The van der Waals surface area contributed by atoms with Crippen LogP contribution in [0.4, 0.5) is 5.82 Å². The minimum absolute atomic E-state index is 0.316. The van der Waals surface area contributed by atoms with Crippen LogP contribution in [0.5, 0.6) is 0 Å². The van der Waals surface area contributed by atoms with E-state index in [1.807, 2.05) is 0 Å². The average molecular weight is 353 g/mol. The quantitative estimate of drug-likeness (QED) is 0.773. The molecule has 1 aromatic heterocycles. The minimum atomic E-state index is -3.39. The maximum atomic E-state index is 12.2. The second-order valence-electron chi connectivity index (χ2n) is 6.66. The van der Waals surface area contributed by atoms with Gasteiger partial charge in [-0.05, 0) is 30.9 Å². The first-order valence-corrected chi connectivity index (χ1v) is 9.99. The van der Waals surface area contributed by atoms with Gasteiger partial charge in [0.05, 0.1) is 18.9 Å². The van der Waals surface area contributed by atoms with E-state index >= 15 is 0 Å². The van der Waals surface area contributed by atoms with Crippen LogP contribution in [0.3, 0.4) is 0 Å². The van der Waals surface area contributed by atoms with Gasteiger partial charge in [-0.2, -0.15) is 17.8 Å². The van der Waals surface area contributed by atoms with Gasteiger partial charge in [0.2, 0.25) is 0 Å². The van der Waals surface area contributed by atoms with Crippen LogP contribution in [-0.2, 0) is 27.8 Å². The molecule has 2 saturated heterocycles. The number of anilines is 1. The van der Waals surface area contributed by atoms with Crippen LogP contribution >= 0.6 is 0 Å². The molecule has 0 bridgehead atoms.